The van der Waals surface area contributed by atoms with E-state index in [9.17, 15) is 9.18 Å². The molecule has 2 bridgehead atoms. The van der Waals surface area contributed by atoms with Gasteiger partial charge in [0.25, 0.3) is 0 Å². The highest BCUT2D eigenvalue weighted by molar-refractivity contribution is 6.36. The summed E-state index contributed by atoms with van der Waals surface area (Å²) in [5, 5.41) is 9.00. The van der Waals surface area contributed by atoms with Crippen LogP contribution in [0.3, 0.4) is 0 Å². The summed E-state index contributed by atoms with van der Waals surface area (Å²) in [5.41, 5.74) is 11.2. The summed E-state index contributed by atoms with van der Waals surface area (Å²) in [6, 6.07) is 21.1. The van der Waals surface area contributed by atoms with Crippen molar-refractivity contribution in [2.24, 2.45) is 5.73 Å². The molecule has 1 aromatic heterocycles. The third-order valence-corrected chi connectivity index (χ3v) is 11.4. The first-order valence-electron chi connectivity index (χ1n) is 17.4. The van der Waals surface area contributed by atoms with Gasteiger partial charge in [0.15, 0.2) is 0 Å². The molecule has 5 heterocycles. The molecule has 11 heteroatoms. The quantitative estimate of drug-likeness (QED) is 0.149. The van der Waals surface area contributed by atoms with E-state index in [4.69, 9.17) is 33.7 Å². The second kappa shape index (κ2) is 15.0. The van der Waals surface area contributed by atoms with Crippen LogP contribution in [0.4, 0.5) is 4.39 Å². The lowest BCUT2D eigenvalue weighted by molar-refractivity contribution is -0.127. The van der Waals surface area contributed by atoms with Crippen molar-refractivity contribution in [1.29, 1.82) is 0 Å². The molecule has 4 aromatic rings. The normalized spacial score (nSPS) is 20.9. The minimum Gasteiger partial charge on any atom is -0.463 e. The smallest absolute Gasteiger partial charge is 0.240 e. The number of piperazine rings is 1. The van der Waals surface area contributed by atoms with Crippen LogP contribution in [0.15, 0.2) is 66.9 Å². The lowest BCUT2D eigenvalue weighted by atomic mass is 9.88. The van der Waals surface area contributed by atoms with E-state index < -0.39 is 12.4 Å². The number of ether oxygens (including phenoxy) is 1. The first kappa shape index (κ1) is 34.3. The van der Waals surface area contributed by atoms with E-state index >= 15 is 0 Å². The van der Waals surface area contributed by atoms with E-state index in [2.05, 4.69) is 49.4 Å². The predicted molar refractivity (Wildman–Crippen MR) is 195 cm³/mol. The number of alkyl halides is 1. The van der Waals surface area contributed by atoms with Gasteiger partial charge in [0.05, 0.1) is 5.54 Å². The van der Waals surface area contributed by atoms with Crippen molar-refractivity contribution < 1.29 is 13.9 Å². The summed E-state index contributed by atoms with van der Waals surface area (Å²) in [7, 11) is 0. The number of rotatable bonds is 12. The van der Waals surface area contributed by atoms with Gasteiger partial charge in [-0.15, -0.1) is 0 Å². The van der Waals surface area contributed by atoms with Gasteiger partial charge >= 0.3 is 0 Å². The van der Waals surface area contributed by atoms with Crippen LogP contribution in [0.1, 0.15) is 43.2 Å². The predicted octanol–water partition coefficient (Wildman–Crippen LogP) is 6.36. The Morgan fingerprint density at radius 3 is 2.35 bits per heavy atom. The van der Waals surface area contributed by atoms with Crippen molar-refractivity contribution in [3.05, 3.63) is 88.0 Å². The van der Waals surface area contributed by atoms with Crippen LogP contribution in [0.2, 0.25) is 10.0 Å². The van der Waals surface area contributed by atoms with Crippen LogP contribution >= 0.6 is 23.2 Å². The largest absolute Gasteiger partial charge is 0.463 e. The average Bonchev–Trinajstić information content (AvgIpc) is 3.47. The molecule has 0 spiro atoms. The van der Waals surface area contributed by atoms with Crippen molar-refractivity contribution >= 4 is 40.0 Å². The van der Waals surface area contributed by atoms with E-state index in [1.165, 1.54) is 23.8 Å². The van der Waals surface area contributed by atoms with Gasteiger partial charge < -0.3 is 25.7 Å². The number of halogens is 3. The van der Waals surface area contributed by atoms with Crippen molar-refractivity contribution in [2.45, 2.75) is 69.4 Å². The molecule has 4 N–H and O–H groups in total. The number of fused-ring (bicyclic) bond motifs is 4. The number of piperidine rings is 3. The maximum atomic E-state index is 12.9. The van der Waals surface area contributed by atoms with Crippen LogP contribution in [0, 0.1) is 0 Å². The van der Waals surface area contributed by atoms with Gasteiger partial charge in [0, 0.05) is 89.6 Å². The number of carbonyl (C=O) groups excluding carboxylic acids is 1. The maximum Gasteiger partial charge on any atom is 0.240 e. The van der Waals surface area contributed by atoms with Gasteiger partial charge in [0.1, 0.15) is 5.75 Å². The summed E-state index contributed by atoms with van der Waals surface area (Å²) >= 11 is 13.1. The zero-order valence-electron chi connectivity index (χ0n) is 27.8. The zero-order valence-corrected chi connectivity index (χ0v) is 29.3. The molecule has 0 saturated carbocycles. The van der Waals surface area contributed by atoms with Gasteiger partial charge in [0.2, 0.25) is 12.8 Å². The van der Waals surface area contributed by atoms with Crippen LogP contribution in [-0.4, -0.2) is 77.5 Å². The summed E-state index contributed by atoms with van der Waals surface area (Å²) in [6.45, 7) is 5.66. The van der Waals surface area contributed by atoms with E-state index in [1.54, 1.807) is 0 Å². The first-order valence-corrected chi connectivity index (χ1v) is 18.2. The summed E-state index contributed by atoms with van der Waals surface area (Å²) in [5.74, 6) is 0.443. The molecule has 4 aliphatic rings. The summed E-state index contributed by atoms with van der Waals surface area (Å²) in [6.07, 6.45) is 6.64. The topological polar surface area (TPSA) is 87.8 Å². The fraction of sp³-hybridized carbons (Fsp3) is 0.447. The van der Waals surface area contributed by atoms with Gasteiger partial charge in [-0.25, -0.2) is 4.39 Å². The van der Waals surface area contributed by atoms with E-state index in [0.717, 1.165) is 84.5 Å². The van der Waals surface area contributed by atoms with Crippen molar-refractivity contribution in [3.63, 3.8) is 0 Å². The number of carbonyl (C=O) groups is 1. The number of nitrogens with zero attached hydrogens (tertiary/aromatic N) is 3. The molecule has 0 aliphatic carbocycles. The lowest BCUT2D eigenvalue weighted by Crippen LogP contribution is -2.61. The molecule has 8 rings (SSSR count). The monoisotopic (exact) mass is 706 g/mol. The minimum atomic E-state index is -0.857. The molecule has 3 aromatic carbocycles. The number of aryl methyl sites for hydroxylation is 1. The molecule has 260 valence electrons. The number of hydrogen-bond donors (Lipinski definition) is 3. The van der Waals surface area contributed by atoms with E-state index in [1.807, 2.05) is 42.5 Å². The molecule has 2 unspecified atom stereocenters. The van der Waals surface area contributed by atoms with E-state index in [0.29, 0.717) is 37.2 Å². The van der Waals surface area contributed by atoms with E-state index in [-0.39, 0.29) is 5.91 Å². The van der Waals surface area contributed by atoms with Crippen LogP contribution < -0.4 is 21.1 Å². The summed E-state index contributed by atoms with van der Waals surface area (Å²) in [4.78, 5) is 18.0. The Balaban J connectivity index is 1.07. The number of nitrogens with one attached hydrogen (secondary N) is 2. The zero-order chi connectivity index (χ0) is 34.0. The fourth-order valence-electron chi connectivity index (χ4n) is 7.89. The van der Waals surface area contributed by atoms with Gasteiger partial charge in [-0.3, -0.25) is 14.6 Å². The highest BCUT2D eigenvalue weighted by Gasteiger charge is 2.39. The number of aromatic nitrogens is 1. The molecule has 2 atom stereocenters. The third-order valence-electron chi connectivity index (χ3n) is 10.7. The Kier molecular flexibility index (Phi) is 10.5. The van der Waals surface area contributed by atoms with Gasteiger partial charge in [-0.1, -0.05) is 47.5 Å². The third kappa shape index (κ3) is 7.48. The van der Waals surface area contributed by atoms with Gasteiger partial charge in [-0.2, -0.15) is 0 Å². The van der Waals surface area contributed by atoms with Crippen molar-refractivity contribution in [3.8, 4) is 16.9 Å². The number of nitrogens with two attached hydrogens (primary N) is 1. The average molecular weight is 708 g/mol. The standard InChI is InChI=1S/C38H45Cl2FN6O2/c39-34-3-1-4-35(40)33(34)24-47-22-28-8-9-29(47)21-46(28)20-26-5-12-36-31(19-26)32(27-6-10-30(11-7-27)49-25-41)23-45(36)18-2-15-44-37(48)38(42)13-16-43-17-14-38/h1,3-7,10-12,19,23,28-29,43H,2,8-9,13-18,20-22,24-25,42H2,(H,44,48). The second-order valence-corrected chi connectivity index (χ2v) is 14.6. The molecule has 4 saturated heterocycles. The molecule has 0 radical (unpaired) electrons. The second-order valence-electron chi connectivity index (χ2n) is 13.8. The Bertz CT molecular complexity index is 1760. The lowest BCUT2D eigenvalue weighted by Gasteiger charge is -2.51. The molecule has 8 nitrogen and oxygen atoms in total. The number of benzene rings is 3. The Morgan fingerprint density at radius 1 is 0.980 bits per heavy atom. The maximum absolute atomic E-state index is 12.9. The molecular weight excluding hydrogens is 662 g/mol. The molecule has 49 heavy (non-hydrogen) atoms. The van der Waals surface area contributed by atoms with Crippen LogP contribution in [0.5, 0.6) is 5.75 Å². The SMILES string of the molecule is NC1(C(=O)NCCCn2cc(-c3ccc(OCF)cc3)c3cc(CN4CC5CCC4CN5Cc4c(Cl)cccc4Cl)ccc32)CCNCC1. The first-order chi connectivity index (χ1) is 23.8. The van der Waals surface area contributed by atoms with Crippen LogP contribution in [-0.2, 0) is 24.4 Å². The van der Waals surface area contributed by atoms with Crippen molar-refractivity contribution in [2.75, 3.05) is 39.6 Å². The Morgan fingerprint density at radius 2 is 1.67 bits per heavy atom. The number of amides is 1. The van der Waals surface area contributed by atoms with Gasteiger partial charge in [-0.05, 0) is 92.7 Å². The molecule has 4 fully saturated rings. The Labute approximate surface area is 297 Å². The fourth-order valence-corrected chi connectivity index (χ4v) is 8.41. The van der Waals surface area contributed by atoms with Crippen LogP contribution in [0.25, 0.3) is 22.0 Å². The Hall–Kier alpha value is -3.18. The van der Waals surface area contributed by atoms with Crippen molar-refractivity contribution in [1.82, 2.24) is 25.0 Å². The molecular formula is C38H45Cl2FN6O2. The highest BCUT2D eigenvalue weighted by atomic mass is 35.5. The molecule has 4 aliphatic heterocycles. The molecule has 1 amide bonds. The minimum absolute atomic E-state index is 0.0607. The summed E-state index contributed by atoms with van der Waals surface area (Å²) < 4.78 is 20.1. The number of hydrogen-bond acceptors (Lipinski definition) is 6. The highest BCUT2D eigenvalue weighted by Crippen LogP contribution is 2.36.